The fraction of sp³-hybridized carbons (Fsp3) is 0.533. The quantitative estimate of drug-likeness (QED) is 0.242. The number of rotatable bonds is 8. The second-order valence-corrected chi connectivity index (χ2v) is 6.92. The average Bonchev–Trinajstić information content (AvgIpc) is 2.50. The van der Waals surface area contributed by atoms with Gasteiger partial charge in [-0.05, 0) is 24.6 Å². The van der Waals surface area contributed by atoms with E-state index in [2.05, 4.69) is 27.3 Å². The van der Waals surface area contributed by atoms with Gasteiger partial charge in [-0.15, -0.1) is 24.0 Å². The van der Waals surface area contributed by atoms with Crippen LogP contribution in [0.15, 0.2) is 29.3 Å². The van der Waals surface area contributed by atoms with E-state index >= 15 is 0 Å². The van der Waals surface area contributed by atoms with Crippen LogP contribution in [0.3, 0.4) is 0 Å². The standard InChI is InChI=1S/C15H26N4O2S.HI/c1-4-5-9-18-15(16-2)19-11-13-7-6-8-14(10-13)12-22(20,21)17-3;/h6-8,10,17H,4-5,9,11-12H2,1-3H3,(H2,16,18,19);1H. The molecule has 0 atom stereocenters. The van der Waals surface area contributed by atoms with E-state index in [9.17, 15) is 8.42 Å². The molecule has 0 spiro atoms. The molecule has 0 bridgehead atoms. The predicted molar refractivity (Wildman–Crippen MR) is 107 cm³/mol. The molecule has 8 heteroatoms. The molecular formula is C15H27IN4O2S. The van der Waals surface area contributed by atoms with Gasteiger partial charge in [-0.3, -0.25) is 4.99 Å². The molecule has 6 nitrogen and oxygen atoms in total. The SMILES string of the molecule is CCCCNC(=NC)NCc1cccc(CS(=O)(=O)NC)c1.I. The molecule has 0 aliphatic heterocycles. The normalized spacial score (nSPS) is 11.7. The van der Waals surface area contributed by atoms with Crippen LogP contribution in [-0.2, 0) is 22.3 Å². The van der Waals surface area contributed by atoms with Crippen molar-refractivity contribution in [2.75, 3.05) is 20.6 Å². The summed E-state index contributed by atoms with van der Waals surface area (Å²) in [6, 6.07) is 7.53. The fourth-order valence-electron chi connectivity index (χ4n) is 1.91. The first-order valence-corrected chi connectivity index (χ1v) is 9.09. The average molecular weight is 454 g/mol. The van der Waals surface area contributed by atoms with Gasteiger partial charge in [0.1, 0.15) is 0 Å². The summed E-state index contributed by atoms with van der Waals surface area (Å²) >= 11 is 0. The molecular weight excluding hydrogens is 427 g/mol. The second-order valence-electron chi connectivity index (χ2n) is 4.99. The number of hydrogen-bond donors (Lipinski definition) is 3. The van der Waals surface area contributed by atoms with Crippen LogP contribution in [0.1, 0.15) is 30.9 Å². The van der Waals surface area contributed by atoms with E-state index in [1.807, 2.05) is 24.3 Å². The highest BCUT2D eigenvalue weighted by atomic mass is 127. The Bertz CT molecular complexity index is 591. The monoisotopic (exact) mass is 454 g/mol. The van der Waals surface area contributed by atoms with Gasteiger partial charge in [0.25, 0.3) is 0 Å². The minimum absolute atomic E-state index is 0. The maximum Gasteiger partial charge on any atom is 0.215 e. The summed E-state index contributed by atoms with van der Waals surface area (Å²) in [5.41, 5.74) is 1.78. The van der Waals surface area contributed by atoms with E-state index in [0.717, 1.165) is 36.5 Å². The third-order valence-electron chi connectivity index (χ3n) is 3.17. The Kier molecular flexibility index (Phi) is 11.2. The first kappa shape index (κ1) is 22.1. The Hall–Kier alpha value is -0.870. The molecule has 0 radical (unpaired) electrons. The Morgan fingerprint density at radius 2 is 1.91 bits per heavy atom. The Morgan fingerprint density at radius 1 is 1.22 bits per heavy atom. The van der Waals surface area contributed by atoms with Gasteiger partial charge in [0, 0.05) is 20.1 Å². The Labute approximate surface area is 156 Å². The number of sulfonamides is 1. The van der Waals surface area contributed by atoms with Gasteiger partial charge in [-0.25, -0.2) is 13.1 Å². The van der Waals surface area contributed by atoms with E-state index < -0.39 is 10.0 Å². The smallest absolute Gasteiger partial charge is 0.215 e. The summed E-state index contributed by atoms with van der Waals surface area (Å²) in [6.45, 7) is 3.62. The van der Waals surface area contributed by atoms with Gasteiger partial charge < -0.3 is 10.6 Å². The molecule has 0 aromatic heterocycles. The predicted octanol–water partition coefficient (Wildman–Crippen LogP) is 1.82. The van der Waals surface area contributed by atoms with Crippen molar-refractivity contribution in [3.05, 3.63) is 35.4 Å². The van der Waals surface area contributed by atoms with Gasteiger partial charge in [-0.2, -0.15) is 0 Å². The largest absolute Gasteiger partial charge is 0.356 e. The van der Waals surface area contributed by atoms with Gasteiger partial charge >= 0.3 is 0 Å². The van der Waals surface area contributed by atoms with Gasteiger partial charge in [0.15, 0.2) is 5.96 Å². The summed E-state index contributed by atoms with van der Waals surface area (Å²) in [4.78, 5) is 4.16. The topological polar surface area (TPSA) is 82.6 Å². The zero-order valence-corrected chi connectivity index (χ0v) is 17.1. The molecule has 1 rings (SSSR count). The lowest BCUT2D eigenvalue weighted by atomic mass is 10.1. The van der Waals surface area contributed by atoms with Crippen molar-refractivity contribution < 1.29 is 8.42 Å². The lowest BCUT2D eigenvalue weighted by Crippen LogP contribution is -2.37. The zero-order valence-electron chi connectivity index (χ0n) is 13.9. The molecule has 23 heavy (non-hydrogen) atoms. The number of unbranched alkanes of at least 4 members (excludes halogenated alkanes) is 1. The summed E-state index contributed by atoms with van der Waals surface area (Å²) in [6.07, 6.45) is 2.23. The molecule has 3 N–H and O–H groups in total. The van der Waals surface area contributed by atoms with Crippen molar-refractivity contribution in [2.24, 2.45) is 4.99 Å². The van der Waals surface area contributed by atoms with Crippen LogP contribution in [0.5, 0.6) is 0 Å². The molecule has 0 unspecified atom stereocenters. The molecule has 1 aromatic carbocycles. The van der Waals surface area contributed by atoms with Crippen LogP contribution >= 0.6 is 24.0 Å². The second kappa shape index (κ2) is 11.6. The number of nitrogens with one attached hydrogen (secondary N) is 3. The third kappa shape index (κ3) is 9.11. The maximum absolute atomic E-state index is 11.6. The molecule has 1 aromatic rings. The summed E-state index contributed by atoms with van der Waals surface area (Å²) in [5, 5.41) is 6.46. The van der Waals surface area contributed by atoms with Crippen molar-refractivity contribution in [1.82, 2.24) is 15.4 Å². The first-order chi connectivity index (χ1) is 10.5. The number of halogens is 1. The van der Waals surface area contributed by atoms with E-state index in [-0.39, 0.29) is 29.7 Å². The van der Waals surface area contributed by atoms with E-state index in [1.165, 1.54) is 7.05 Å². The number of hydrogen-bond acceptors (Lipinski definition) is 3. The van der Waals surface area contributed by atoms with Crippen molar-refractivity contribution in [3.63, 3.8) is 0 Å². The van der Waals surface area contributed by atoms with Crippen molar-refractivity contribution >= 4 is 40.0 Å². The Morgan fingerprint density at radius 3 is 2.52 bits per heavy atom. The molecule has 0 aliphatic rings. The van der Waals surface area contributed by atoms with Crippen LogP contribution in [0.4, 0.5) is 0 Å². The highest BCUT2D eigenvalue weighted by Crippen LogP contribution is 2.08. The summed E-state index contributed by atoms with van der Waals surface area (Å²) in [5.74, 6) is 0.738. The van der Waals surface area contributed by atoms with E-state index in [0.29, 0.717) is 6.54 Å². The van der Waals surface area contributed by atoms with Crippen LogP contribution in [0.25, 0.3) is 0 Å². The summed E-state index contributed by atoms with van der Waals surface area (Å²) < 4.78 is 25.5. The first-order valence-electron chi connectivity index (χ1n) is 7.44. The molecule has 0 fully saturated rings. The minimum Gasteiger partial charge on any atom is -0.356 e. The molecule has 0 saturated carbocycles. The number of aliphatic imine (C=N–C) groups is 1. The fourth-order valence-corrected chi connectivity index (χ4v) is 2.67. The highest BCUT2D eigenvalue weighted by molar-refractivity contribution is 14.0. The van der Waals surface area contributed by atoms with Gasteiger partial charge in [0.05, 0.1) is 5.75 Å². The van der Waals surface area contributed by atoms with Crippen molar-refractivity contribution in [1.29, 1.82) is 0 Å². The lowest BCUT2D eigenvalue weighted by Gasteiger charge is -2.12. The van der Waals surface area contributed by atoms with E-state index in [1.54, 1.807) is 7.05 Å². The van der Waals surface area contributed by atoms with Crippen molar-refractivity contribution in [2.45, 2.75) is 32.1 Å². The molecule has 0 amide bonds. The number of benzene rings is 1. The van der Waals surface area contributed by atoms with E-state index in [4.69, 9.17) is 0 Å². The molecule has 132 valence electrons. The number of nitrogens with zero attached hydrogens (tertiary/aromatic N) is 1. The number of guanidine groups is 1. The molecule has 0 aliphatic carbocycles. The molecule has 0 heterocycles. The lowest BCUT2D eigenvalue weighted by molar-refractivity contribution is 0.587. The van der Waals surface area contributed by atoms with Crippen LogP contribution < -0.4 is 15.4 Å². The van der Waals surface area contributed by atoms with Gasteiger partial charge in [0.2, 0.25) is 10.0 Å². The highest BCUT2D eigenvalue weighted by Gasteiger charge is 2.08. The molecule has 0 saturated heterocycles. The van der Waals surface area contributed by atoms with Crippen LogP contribution in [0, 0.1) is 0 Å². The maximum atomic E-state index is 11.6. The Balaban J connectivity index is 0.00000484. The summed E-state index contributed by atoms with van der Waals surface area (Å²) in [7, 11) is -0.0900. The zero-order chi connectivity index (χ0) is 16.4. The van der Waals surface area contributed by atoms with Crippen LogP contribution in [0.2, 0.25) is 0 Å². The third-order valence-corrected chi connectivity index (χ3v) is 4.50. The van der Waals surface area contributed by atoms with Crippen molar-refractivity contribution in [3.8, 4) is 0 Å². The minimum atomic E-state index is -3.25. The van der Waals surface area contributed by atoms with Gasteiger partial charge in [-0.1, -0.05) is 37.6 Å². The van der Waals surface area contributed by atoms with Crippen LogP contribution in [-0.4, -0.2) is 35.0 Å².